The van der Waals surface area contributed by atoms with E-state index in [4.69, 9.17) is 0 Å². The lowest BCUT2D eigenvalue weighted by Gasteiger charge is -2.14. The van der Waals surface area contributed by atoms with E-state index in [1.165, 1.54) is 0 Å². The lowest BCUT2D eigenvalue weighted by Crippen LogP contribution is -2.43. The van der Waals surface area contributed by atoms with Crippen molar-refractivity contribution < 1.29 is 23.1 Å². The van der Waals surface area contributed by atoms with Crippen LogP contribution >= 0.6 is 11.8 Å². The molecule has 0 aliphatic carbocycles. The van der Waals surface area contributed by atoms with Crippen molar-refractivity contribution in [1.82, 2.24) is 25.1 Å². The molecule has 2 aromatic heterocycles. The highest BCUT2D eigenvalue weighted by Gasteiger charge is 2.32. The number of fused-ring (bicyclic) bond motifs is 1. The molecule has 0 unspecified atom stereocenters. The van der Waals surface area contributed by atoms with E-state index in [-0.39, 0.29) is 29.6 Å². The highest BCUT2D eigenvalue weighted by atomic mass is 32.2. The number of amides is 1. The summed E-state index contributed by atoms with van der Waals surface area (Å²) in [6.07, 6.45) is 2.42. The number of rotatable bonds is 8. The Kier molecular flexibility index (Phi) is 6.24. The van der Waals surface area contributed by atoms with E-state index < -0.39 is 27.8 Å². The molecule has 1 fully saturated rings. The van der Waals surface area contributed by atoms with Crippen LogP contribution < -0.4 is 5.32 Å². The number of hydrogen-bond donors (Lipinski definition) is 3. The number of carbonyl (C=O) groups excluding carboxylic acids is 1. The summed E-state index contributed by atoms with van der Waals surface area (Å²) in [4.78, 5) is 27.3. The third kappa shape index (κ3) is 4.80. The van der Waals surface area contributed by atoms with Crippen LogP contribution in [0, 0.1) is 0 Å². The topological polar surface area (TPSA) is 147 Å². The van der Waals surface area contributed by atoms with Gasteiger partial charge in [0.05, 0.1) is 17.3 Å². The lowest BCUT2D eigenvalue weighted by molar-refractivity contribution is -0.141. The summed E-state index contributed by atoms with van der Waals surface area (Å²) < 4.78 is 25.1. The van der Waals surface area contributed by atoms with Crippen LogP contribution in [-0.4, -0.2) is 68.4 Å². The number of thioether (sulfide) groups is 1. The molecule has 170 valence electrons. The number of aliphatic carboxylic acids is 1. The fraction of sp³-hybridized carbons (Fsp3) is 0.400. The van der Waals surface area contributed by atoms with Crippen LogP contribution in [-0.2, 0) is 32.9 Å². The molecule has 0 radical (unpaired) electrons. The van der Waals surface area contributed by atoms with Crippen molar-refractivity contribution in [2.45, 2.75) is 30.0 Å². The van der Waals surface area contributed by atoms with Gasteiger partial charge in [0.1, 0.15) is 11.9 Å². The van der Waals surface area contributed by atoms with Gasteiger partial charge in [-0.1, -0.05) is 30.0 Å². The fourth-order valence-corrected chi connectivity index (χ4v) is 6.36. The summed E-state index contributed by atoms with van der Waals surface area (Å²) >= 11 is 1.13. The molecule has 1 aromatic carbocycles. The molecule has 1 aliphatic rings. The Morgan fingerprint density at radius 2 is 2.12 bits per heavy atom. The van der Waals surface area contributed by atoms with Crippen molar-refractivity contribution in [2.75, 3.05) is 17.3 Å². The van der Waals surface area contributed by atoms with Gasteiger partial charge in [0, 0.05) is 36.5 Å². The second-order valence-electron chi connectivity index (χ2n) is 7.81. The maximum Gasteiger partial charge on any atom is 0.326 e. The third-order valence-corrected chi connectivity index (χ3v) is 8.32. The molecule has 3 aromatic rings. The Hall–Kier alpha value is -2.86. The van der Waals surface area contributed by atoms with Crippen molar-refractivity contribution in [3.8, 4) is 0 Å². The number of benzene rings is 1. The molecule has 3 heterocycles. The zero-order chi connectivity index (χ0) is 22.9. The minimum Gasteiger partial charge on any atom is -0.480 e. The molecule has 0 saturated carbocycles. The number of carboxylic acids is 1. The van der Waals surface area contributed by atoms with E-state index in [0.29, 0.717) is 17.4 Å². The molecule has 2 atom stereocenters. The smallest absolute Gasteiger partial charge is 0.326 e. The molecule has 0 bridgehead atoms. The predicted octanol–water partition coefficient (Wildman–Crippen LogP) is 1.10. The van der Waals surface area contributed by atoms with Crippen LogP contribution in [0.1, 0.15) is 23.7 Å². The number of sulfone groups is 1. The van der Waals surface area contributed by atoms with E-state index in [9.17, 15) is 23.1 Å². The first kappa shape index (κ1) is 22.3. The van der Waals surface area contributed by atoms with Gasteiger partial charge in [-0.15, -0.1) is 10.2 Å². The molecule has 4 rings (SSSR count). The Labute approximate surface area is 188 Å². The maximum absolute atomic E-state index is 12.4. The average Bonchev–Trinajstić information content (AvgIpc) is 3.43. The average molecular weight is 478 g/mol. The summed E-state index contributed by atoms with van der Waals surface area (Å²) in [5, 5.41) is 21.7. The van der Waals surface area contributed by atoms with Gasteiger partial charge < -0.3 is 20.0 Å². The van der Waals surface area contributed by atoms with E-state index in [2.05, 4.69) is 20.5 Å². The standard InChI is InChI=1S/C20H23N5O5S2/c1-25-18(12-6-7-32(29,30)11-12)23-24-20(25)31-10-17(26)22-16(19(27)28)8-13-9-21-15-5-3-2-4-14(13)15/h2-5,9,12,16,21H,6-8,10-11H2,1H3,(H,22,26)(H,27,28)/t12-,16+/m0/s1. The second kappa shape index (κ2) is 8.94. The predicted molar refractivity (Wildman–Crippen MR) is 119 cm³/mol. The van der Waals surface area contributed by atoms with Gasteiger partial charge in [-0.3, -0.25) is 4.79 Å². The zero-order valence-electron chi connectivity index (χ0n) is 17.3. The van der Waals surface area contributed by atoms with Gasteiger partial charge in [-0.05, 0) is 18.1 Å². The normalized spacial score (nSPS) is 18.6. The minimum absolute atomic E-state index is 0.0351. The Bertz CT molecular complexity index is 1270. The van der Waals surface area contributed by atoms with Gasteiger partial charge >= 0.3 is 5.97 Å². The van der Waals surface area contributed by atoms with Gasteiger partial charge in [-0.2, -0.15) is 0 Å². The zero-order valence-corrected chi connectivity index (χ0v) is 18.9. The third-order valence-electron chi connectivity index (χ3n) is 5.53. The molecule has 10 nitrogen and oxygen atoms in total. The quantitative estimate of drug-likeness (QED) is 0.409. The highest BCUT2D eigenvalue weighted by Crippen LogP contribution is 2.29. The Morgan fingerprint density at radius 1 is 1.34 bits per heavy atom. The summed E-state index contributed by atoms with van der Waals surface area (Å²) in [6.45, 7) is 0. The maximum atomic E-state index is 12.4. The number of para-hydroxylation sites is 1. The number of carboxylic acid groups (broad SMARTS) is 1. The largest absolute Gasteiger partial charge is 0.480 e. The number of H-pyrrole nitrogens is 1. The van der Waals surface area contributed by atoms with Crippen LogP contribution in [0.15, 0.2) is 35.6 Å². The van der Waals surface area contributed by atoms with Crippen LogP contribution in [0.2, 0.25) is 0 Å². The van der Waals surface area contributed by atoms with Crippen molar-refractivity contribution in [1.29, 1.82) is 0 Å². The number of nitrogens with zero attached hydrogens (tertiary/aromatic N) is 3. The molecule has 1 saturated heterocycles. The fourth-order valence-electron chi connectivity index (χ4n) is 3.89. The van der Waals surface area contributed by atoms with Gasteiger partial charge in [-0.25, -0.2) is 13.2 Å². The van der Waals surface area contributed by atoms with Crippen LogP contribution in [0.25, 0.3) is 10.9 Å². The van der Waals surface area contributed by atoms with Crippen molar-refractivity contribution in [3.63, 3.8) is 0 Å². The molecular formula is C20H23N5O5S2. The molecule has 12 heteroatoms. The SMILES string of the molecule is Cn1c(SCC(=O)N[C@H](Cc2c[nH]c3ccccc23)C(=O)O)nnc1[C@H]1CCS(=O)(=O)C1. The van der Waals surface area contributed by atoms with E-state index in [1.807, 2.05) is 24.3 Å². The Balaban J connectivity index is 1.37. The van der Waals surface area contributed by atoms with E-state index in [0.717, 1.165) is 28.2 Å². The van der Waals surface area contributed by atoms with Crippen LogP contribution in [0.3, 0.4) is 0 Å². The van der Waals surface area contributed by atoms with E-state index in [1.54, 1.807) is 17.8 Å². The van der Waals surface area contributed by atoms with Crippen LogP contribution in [0.5, 0.6) is 0 Å². The number of aromatic nitrogens is 4. The monoisotopic (exact) mass is 477 g/mol. The Morgan fingerprint density at radius 3 is 2.84 bits per heavy atom. The van der Waals surface area contributed by atoms with Crippen molar-refractivity contribution in [3.05, 3.63) is 41.9 Å². The number of nitrogens with one attached hydrogen (secondary N) is 2. The molecule has 3 N–H and O–H groups in total. The summed E-state index contributed by atoms with van der Waals surface area (Å²) in [5.41, 5.74) is 1.71. The minimum atomic E-state index is -3.04. The summed E-state index contributed by atoms with van der Waals surface area (Å²) in [7, 11) is -1.31. The second-order valence-corrected chi connectivity index (χ2v) is 11.0. The molecule has 0 spiro atoms. The van der Waals surface area contributed by atoms with E-state index >= 15 is 0 Å². The first-order valence-electron chi connectivity index (χ1n) is 10.0. The molecule has 32 heavy (non-hydrogen) atoms. The molecule has 1 amide bonds. The number of aromatic amines is 1. The van der Waals surface area contributed by atoms with Gasteiger partial charge in [0.25, 0.3) is 0 Å². The van der Waals surface area contributed by atoms with Crippen molar-refractivity contribution >= 4 is 44.4 Å². The van der Waals surface area contributed by atoms with Crippen LogP contribution in [0.4, 0.5) is 0 Å². The highest BCUT2D eigenvalue weighted by molar-refractivity contribution is 7.99. The van der Waals surface area contributed by atoms with Gasteiger partial charge in [0.2, 0.25) is 5.91 Å². The van der Waals surface area contributed by atoms with Crippen molar-refractivity contribution in [2.24, 2.45) is 7.05 Å². The molecular weight excluding hydrogens is 454 g/mol. The molecule has 1 aliphatic heterocycles. The van der Waals surface area contributed by atoms with Gasteiger partial charge in [0.15, 0.2) is 15.0 Å². The summed E-state index contributed by atoms with van der Waals surface area (Å²) in [5.74, 6) is -1.01. The number of hydrogen-bond acceptors (Lipinski definition) is 7. The lowest BCUT2D eigenvalue weighted by atomic mass is 10.1. The first-order valence-corrected chi connectivity index (χ1v) is 12.8. The first-order chi connectivity index (χ1) is 15.2. The number of carbonyl (C=O) groups is 2. The summed E-state index contributed by atoms with van der Waals surface area (Å²) in [6, 6.07) is 6.50.